The number of nitrogens with zero attached hydrogens (tertiary/aromatic N) is 4. The predicted molar refractivity (Wildman–Crippen MR) is 232 cm³/mol. The molecule has 1 aromatic carbocycles. The van der Waals surface area contributed by atoms with E-state index in [4.69, 9.17) is 33.2 Å². The van der Waals surface area contributed by atoms with E-state index in [9.17, 15) is 34.4 Å². The highest BCUT2D eigenvalue weighted by molar-refractivity contribution is 5.84. The summed E-state index contributed by atoms with van der Waals surface area (Å²) in [5.41, 5.74) is -2.64. The van der Waals surface area contributed by atoms with Gasteiger partial charge in [0, 0.05) is 56.5 Å². The number of Topliss-reactive ketones (excluding diaryl/α,β-unsaturated/α-hetero) is 1. The zero-order chi connectivity index (χ0) is 47.8. The number of ether oxygens (including phenoxy) is 7. The lowest BCUT2D eigenvalue weighted by atomic mass is 9.75. The van der Waals surface area contributed by atoms with Crippen molar-refractivity contribution in [3.05, 3.63) is 47.5 Å². The molecule has 6 rings (SSSR count). The number of aliphatic hydroxyl groups is 4. The molecule has 4 N–H and O–H groups in total. The maximum Gasteiger partial charge on any atom is 0.311 e. The molecule has 5 heterocycles. The van der Waals surface area contributed by atoms with Crippen LogP contribution in [0.25, 0.3) is 0 Å². The first-order chi connectivity index (χ1) is 30.5. The van der Waals surface area contributed by atoms with E-state index in [1.165, 1.54) is 26.2 Å². The number of esters is 1. The summed E-state index contributed by atoms with van der Waals surface area (Å²) in [5.74, 6) is -4.89. The van der Waals surface area contributed by atoms with Gasteiger partial charge in [0.25, 0.3) is 0 Å². The fourth-order valence-corrected chi connectivity index (χ4v) is 10.5. The van der Waals surface area contributed by atoms with Crippen LogP contribution in [-0.4, -0.2) is 164 Å². The number of hydrogen-bond acceptors (Lipinski definition) is 16. The standard InChI is InChI=1S/C47H73FN4O13/c1-12-35-47(9,58)40(55)26(3)37(53)31-20-46(8,60-24-31)42(27(4)39(28(5)43(57)63-35)64-36-21-45(7,59-11)41(56)29(6)62-36)65-44-38(54)34(19-25(2)61-44)51(10)18-17-33-23-52(50-49-33)22-30-13-15-32(48)16-14-30/h13-16,23,25-29,31,34-36,38-42,44,54-56,58H,12,17-22,24H2,1-11H3/t25-,26+,27+,28-,29+,31+,34+,35-,36+,38-,39+,40-,41+,42-,44+,45-,46-,47-/m1/s1. The third-order valence-electron chi connectivity index (χ3n) is 14.7. The van der Waals surface area contributed by atoms with Crippen molar-refractivity contribution in [3.63, 3.8) is 0 Å². The summed E-state index contributed by atoms with van der Waals surface area (Å²) in [5, 5.41) is 55.1. The van der Waals surface area contributed by atoms with Crippen LogP contribution in [0.2, 0.25) is 0 Å². The van der Waals surface area contributed by atoms with Gasteiger partial charge in [-0.3, -0.25) is 9.59 Å². The lowest BCUT2D eigenvalue weighted by Crippen LogP contribution is -2.61. The molecule has 4 saturated heterocycles. The molecule has 2 aromatic rings. The number of fused-ring (bicyclic) bond motifs is 2. The van der Waals surface area contributed by atoms with E-state index >= 15 is 0 Å². The number of halogens is 1. The molecule has 0 radical (unpaired) electrons. The quantitative estimate of drug-likeness (QED) is 0.225. The van der Waals surface area contributed by atoms with Crippen LogP contribution in [0.4, 0.5) is 4.39 Å². The minimum Gasteiger partial charge on any atom is -0.459 e. The fourth-order valence-electron chi connectivity index (χ4n) is 10.5. The lowest BCUT2D eigenvalue weighted by Gasteiger charge is -2.49. The van der Waals surface area contributed by atoms with Crippen LogP contribution < -0.4 is 0 Å². The summed E-state index contributed by atoms with van der Waals surface area (Å²) in [6.45, 7) is 16.3. The molecule has 18 atom stereocenters. The summed E-state index contributed by atoms with van der Waals surface area (Å²) in [6, 6.07) is 5.80. The zero-order valence-electron chi connectivity index (χ0n) is 39.8. The number of methoxy groups -OCH3 is 1. The van der Waals surface area contributed by atoms with Gasteiger partial charge in [-0.1, -0.05) is 38.1 Å². The first kappa shape index (κ1) is 51.4. The van der Waals surface area contributed by atoms with Gasteiger partial charge < -0.3 is 58.5 Å². The molecule has 0 amide bonds. The molecule has 366 valence electrons. The van der Waals surface area contributed by atoms with Gasteiger partial charge in [0.2, 0.25) is 0 Å². The number of hydrogen-bond donors (Lipinski definition) is 4. The Hall–Kier alpha value is -3.01. The highest BCUT2D eigenvalue weighted by Crippen LogP contribution is 2.44. The average Bonchev–Trinajstić information content (AvgIpc) is 3.91. The van der Waals surface area contributed by atoms with Crippen molar-refractivity contribution >= 4 is 11.8 Å². The molecule has 0 unspecified atom stereocenters. The Morgan fingerprint density at radius 1 is 0.969 bits per heavy atom. The molecule has 17 nitrogen and oxygen atoms in total. The minimum atomic E-state index is -1.99. The Bertz CT molecular complexity index is 1910. The largest absolute Gasteiger partial charge is 0.459 e. The summed E-state index contributed by atoms with van der Waals surface area (Å²) in [7, 11) is 3.41. The smallest absolute Gasteiger partial charge is 0.311 e. The third kappa shape index (κ3) is 11.1. The highest BCUT2D eigenvalue weighted by Gasteiger charge is 2.56. The van der Waals surface area contributed by atoms with Crippen molar-refractivity contribution in [3.8, 4) is 0 Å². The van der Waals surface area contributed by atoms with Gasteiger partial charge in [-0.15, -0.1) is 5.10 Å². The number of ketones is 1. The van der Waals surface area contributed by atoms with Gasteiger partial charge in [-0.2, -0.15) is 0 Å². The van der Waals surface area contributed by atoms with Crippen molar-refractivity contribution in [1.29, 1.82) is 0 Å². The number of carbonyl (C=O) groups excluding carboxylic acids is 2. The molecule has 4 fully saturated rings. The van der Waals surface area contributed by atoms with Crippen LogP contribution in [0.1, 0.15) is 99.3 Å². The van der Waals surface area contributed by atoms with Crippen molar-refractivity contribution < 1.29 is 67.6 Å². The second kappa shape index (κ2) is 20.7. The van der Waals surface area contributed by atoms with E-state index in [2.05, 4.69) is 10.3 Å². The van der Waals surface area contributed by atoms with Crippen LogP contribution in [-0.2, 0) is 55.7 Å². The number of benzene rings is 1. The van der Waals surface area contributed by atoms with Gasteiger partial charge in [-0.05, 0) is 85.5 Å². The molecular weight excluding hydrogens is 848 g/mol. The monoisotopic (exact) mass is 921 g/mol. The van der Waals surface area contributed by atoms with Crippen molar-refractivity contribution in [1.82, 2.24) is 19.9 Å². The van der Waals surface area contributed by atoms with Crippen molar-refractivity contribution in [2.75, 3.05) is 27.3 Å². The zero-order valence-corrected chi connectivity index (χ0v) is 39.8. The summed E-state index contributed by atoms with van der Waals surface area (Å²) in [6.07, 6.45) is -6.92. The first-order valence-electron chi connectivity index (χ1n) is 23.2. The number of cyclic esters (lactones) is 1. The van der Waals surface area contributed by atoms with Crippen molar-refractivity contribution in [2.45, 2.75) is 185 Å². The minimum absolute atomic E-state index is 0.00742. The number of carbonyl (C=O) groups is 2. The van der Waals surface area contributed by atoms with Crippen LogP contribution in [0, 0.1) is 29.5 Å². The fraction of sp³-hybridized carbons (Fsp3) is 0.787. The molecule has 4 aliphatic heterocycles. The summed E-state index contributed by atoms with van der Waals surface area (Å²) >= 11 is 0. The maximum atomic E-state index is 14.4. The second-order valence-electron chi connectivity index (χ2n) is 19.8. The van der Waals surface area contributed by atoms with Crippen molar-refractivity contribution in [2.24, 2.45) is 23.7 Å². The Labute approximate surface area is 382 Å². The number of aromatic nitrogens is 3. The molecule has 1 aromatic heterocycles. The van der Waals surface area contributed by atoms with E-state index in [0.29, 0.717) is 25.9 Å². The lowest BCUT2D eigenvalue weighted by molar-refractivity contribution is -0.317. The molecule has 0 saturated carbocycles. The molecule has 0 aliphatic carbocycles. The number of rotatable bonds is 12. The molecule has 18 heteroatoms. The Morgan fingerprint density at radius 2 is 1.66 bits per heavy atom. The Balaban J connectivity index is 1.29. The SMILES string of the molecule is CC[C@H]1OC(=O)[C@H](C)[C@@H](O[C@H]2C[C@@](C)(OC)[C@@H](O)[C@H](C)O2)[C@H](C)[C@@H](O[C@@H]2O[C@H](C)C[C@H](N(C)CCc3cn(Cc4ccc(F)cc4)nn3)[C@H]2O)[C@@]2(C)C[C@@H](CO2)C(=O)[C@H](C)[C@@H](O)[C@]1(C)O. The Kier molecular flexibility index (Phi) is 16.4. The van der Waals surface area contributed by atoms with Crippen LogP contribution in [0.5, 0.6) is 0 Å². The molecule has 0 spiro atoms. The van der Waals surface area contributed by atoms with Gasteiger partial charge in [0.15, 0.2) is 12.6 Å². The van der Waals surface area contributed by atoms with E-state index in [0.717, 1.165) is 11.3 Å². The number of aliphatic hydroxyl groups excluding tert-OH is 3. The van der Waals surface area contributed by atoms with Gasteiger partial charge in [0.05, 0.1) is 66.5 Å². The van der Waals surface area contributed by atoms with Crippen LogP contribution >= 0.6 is 0 Å². The molecule has 2 bridgehead atoms. The Morgan fingerprint density at radius 3 is 2.32 bits per heavy atom. The predicted octanol–water partition coefficient (Wildman–Crippen LogP) is 3.20. The molecule has 65 heavy (non-hydrogen) atoms. The van der Waals surface area contributed by atoms with Gasteiger partial charge >= 0.3 is 5.97 Å². The van der Waals surface area contributed by atoms with E-state index in [1.54, 1.807) is 51.4 Å². The molecular formula is C47H73FN4O13. The van der Waals surface area contributed by atoms with E-state index < -0.39 is 108 Å². The normalized spacial score (nSPS) is 42.2. The number of likely N-dealkylation sites (N-methyl/N-ethyl adjacent to an activating group) is 1. The average molecular weight is 921 g/mol. The summed E-state index contributed by atoms with van der Waals surface area (Å²) < 4.78 is 59.9. The highest BCUT2D eigenvalue weighted by atomic mass is 19.1. The summed E-state index contributed by atoms with van der Waals surface area (Å²) in [4.78, 5) is 30.6. The van der Waals surface area contributed by atoms with E-state index in [1.807, 2.05) is 38.9 Å². The van der Waals surface area contributed by atoms with Gasteiger partial charge in [0.1, 0.15) is 35.5 Å². The van der Waals surface area contributed by atoms with E-state index in [-0.39, 0.29) is 43.6 Å². The van der Waals surface area contributed by atoms with Crippen LogP contribution in [0.15, 0.2) is 30.5 Å². The maximum absolute atomic E-state index is 14.4. The van der Waals surface area contributed by atoms with Gasteiger partial charge in [-0.25, -0.2) is 9.07 Å². The first-order valence-corrected chi connectivity index (χ1v) is 23.2. The topological polar surface area (TPSA) is 214 Å². The van der Waals surface area contributed by atoms with Crippen LogP contribution in [0.3, 0.4) is 0 Å². The second-order valence-corrected chi connectivity index (χ2v) is 19.8. The molecule has 4 aliphatic rings. The third-order valence-corrected chi connectivity index (χ3v) is 14.7.